The molecule has 0 bridgehead atoms. The Morgan fingerprint density at radius 3 is 2.67 bits per heavy atom. The molecule has 0 spiro atoms. The molecule has 1 heterocycles. The van der Waals surface area contributed by atoms with Crippen LogP contribution in [0.4, 0.5) is 0 Å². The highest BCUT2D eigenvalue weighted by atomic mass is 79.9. The fraction of sp³-hybridized carbons (Fsp3) is 0.333. The molecule has 0 aromatic carbocycles. The molecule has 1 aromatic rings. The van der Waals surface area contributed by atoms with Crippen LogP contribution in [0.2, 0.25) is 0 Å². The van der Waals surface area contributed by atoms with Crippen LogP contribution in [0.15, 0.2) is 9.40 Å². The molecule has 12 heavy (non-hydrogen) atoms. The molecule has 0 aliphatic carbocycles. The van der Waals surface area contributed by atoms with Crippen molar-refractivity contribution < 1.29 is 9.90 Å². The van der Waals surface area contributed by atoms with Crippen LogP contribution in [0.1, 0.15) is 5.56 Å². The van der Waals surface area contributed by atoms with Crippen LogP contribution in [-0.4, -0.2) is 20.9 Å². The van der Waals surface area contributed by atoms with E-state index in [-0.39, 0.29) is 17.5 Å². The summed E-state index contributed by atoms with van der Waals surface area (Å²) in [7, 11) is 1.62. The topological polar surface area (TPSA) is 75.1 Å². The molecule has 6 heteroatoms. The number of hydrogen-bond donors (Lipinski definition) is 2. The van der Waals surface area contributed by atoms with Gasteiger partial charge in [-0.15, -0.1) is 0 Å². The molecule has 0 saturated carbocycles. The first-order chi connectivity index (χ1) is 5.52. The Hall–Kier alpha value is -1.04. The van der Waals surface area contributed by atoms with Gasteiger partial charge in [-0.1, -0.05) is 0 Å². The van der Waals surface area contributed by atoms with Crippen molar-refractivity contribution in [2.75, 3.05) is 0 Å². The number of aliphatic carboxylic acids is 1. The zero-order chi connectivity index (χ0) is 9.30. The van der Waals surface area contributed by atoms with Gasteiger partial charge in [0.25, 0.3) is 5.56 Å². The van der Waals surface area contributed by atoms with Crippen LogP contribution in [0, 0.1) is 0 Å². The van der Waals surface area contributed by atoms with Gasteiger partial charge >= 0.3 is 5.97 Å². The monoisotopic (exact) mass is 234 g/mol. The predicted molar refractivity (Wildman–Crippen MR) is 45.1 cm³/mol. The maximum Gasteiger partial charge on any atom is 0.308 e. The van der Waals surface area contributed by atoms with Gasteiger partial charge in [-0.05, 0) is 15.9 Å². The molecule has 0 saturated heterocycles. The van der Waals surface area contributed by atoms with Gasteiger partial charge < -0.3 is 5.11 Å². The van der Waals surface area contributed by atoms with Gasteiger partial charge in [0, 0.05) is 7.05 Å². The maximum absolute atomic E-state index is 11.0. The first-order valence-electron chi connectivity index (χ1n) is 3.17. The van der Waals surface area contributed by atoms with E-state index in [0.717, 1.165) is 0 Å². The average Bonchev–Trinajstić information content (AvgIpc) is 2.16. The lowest BCUT2D eigenvalue weighted by molar-refractivity contribution is -0.136. The van der Waals surface area contributed by atoms with Gasteiger partial charge in [-0.25, -0.2) is 0 Å². The van der Waals surface area contributed by atoms with E-state index < -0.39 is 5.97 Å². The molecule has 0 unspecified atom stereocenters. The fourth-order valence-electron chi connectivity index (χ4n) is 0.869. The van der Waals surface area contributed by atoms with Gasteiger partial charge in [-0.3, -0.25) is 19.4 Å². The minimum absolute atomic E-state index is 0.241. The van der Waals surface area contributed by atoms with E-state index in [1.165, 1.54) is 4.68 Å². The summed E-state index contributed by atoms with van der Waals surface area (Å²) < 4.78 is 1.91. The zero-order valence-electron chi connectivity index (χ0n) is 6.30. The molecule has 1 rings (SSSR count). The Morgan fingerprint density at radius 1 is 1.75 bits per heavy atom. The van der Waals surface area contributed by atoms with Crippen LogP contribution >= 0.6 is 15.9 Å². The molecule has 1 aromatic heterocycles. The van der Waals surface area contributed by atoms with Crippen LogP contribution in [-0.2, 0) is 18.3 Å². The summed E-state index contributed by atoms with van der Waals surface area (Å²) in [5.41, 5.74) is -0.128. The Labute approximate surface area is 76.1 Å². The Bertz CT molecular complexity index is 365. The van der Waals surface area contributed by atoms with Gasteiger partial charge in [0.2, 0.25) is 0 Å². The lowest BCUT2D eigenvalue weighted by Crippen LogP contribution is -2.11. The second kappa shape index (κ2) is 3.14. The van der Waals surface area contributed by atoms with Crippen molar-refractivity contribution in [1.82, 2.24) is 9.78 Å². The number of halogens is 1. The van der Waals surface area contributed by atoms with Crippen molar-refractivity contribution >= 4 is 21.9 Å². The van der Waals surface area contributed by atoms with Crippen LogP contribution in [0.25, 0.3) is 0 Å². The normalized spacial score (nSPS) is 10.2. The lowest BCUT2D eigenvalue weighted by atomic mass is 10.2. The van der Waals surface area contributed by atoms with E-state index in [4.69, 9.17) is 5.11 Å². The summed E-state index contributed by atoms with van der Waals surface area (Å²) in [6.07, 6.45) is -0.267. The molecule has 66 valence electrons. The minimum atomic E-state index is -1.02. The Kier molecular flexibility index (Phi) is 2.37. The molecule has 0 atom stereocenters. The van der Waals surface area contributed by atoms with E-state index in [9.17, 15) is 9.59 Å². The van der Waals surface area contributed by atoms with E-state index >= 15 is 0 Å². The van der Waals surface area contributed by atoms with Crippen molar-refractivity contribution in [3.8, 4) is 0 Å². The van der Waals surface area contributed by atoms with Crippen molar-refractivity contribution in [3.63, 3.8) is 0 Å². The van der Waals surface area contributed by atoms with E-state index in [1.807, 2.05) is 0 Å². The molecule has 2 N–H and O–H groups in total. The van der Waals surface area contributed by atoms with Crippen molar-refractivity contribution in [1.29, 1.82) is 0 Å². The highest BCUT2D eigenvalue weighted by molar-refractivity contribution is 9.10. The largest absolute Gasteiger partial charge is 0.481 e. The summed E-state index contributed by atoms with van der Waals surface area (Å²) >= 11 is 3.10. The number of H-pyrrole nitrogens is 1. The smallest absolute Gasteiger partial charge is 0.308 e. The fourth-order valence-corrected chi connectivity index (χ4v) is 1.28. The summed E-state index contributed by atoms with van der Waals surface area (Å²) in [5, 5.41) is 10.9. The van der Waals surface area contributed by atoms with E-state index in [0.29, 0.717) is 4.60 Å². The molecule has 0 fully saturated rings. The van der Waals surface area contributed by atoms with Gasteiger partial charge in [0.1, 0.15) is 4.60 Å². The molecule has 0 aliphatic heterocycles. The third-order valence-electron chi connectivity index (χ3n) is 1.41. The van der Waals surface area contributed by atoms with Crippen molar-refractivity contribution in [2.24, 2.45) is 7.05 Å². The summed E-state index contributed by atoms with van der Waals surface area (Å²) in [6, 6.07) is 0. The highest BCUT2D eigenvalue weighted by Gasteiger charge is 2.12. The predicted octanol–water partition coefficient (Wildman–Crippen LogP) is 0.103. The van der Waals surface area contributed by atoms with Crippen LogP contribution in [0.5, 0.6) is 0 Å². The number of nitrogens with zero attached hydrogens (tertiary/aromatic N) is 1. The molecular formula is C6H7BrN2O3. The number of hydrogen-bond acceptors (Lipinski definition) is 2. The molecular weight excluding hydrogens is 228 g/mol. The number of rotatable bonds is 2. The molecule has 0 aliphatic rings. The lowest BCUT2D eigenvalue weighted by Gasteiger charge is -1.93. The number of aromatic nitrogens is 2. The number of aromatic amines is 1. The van der Waals surface area contributed by atoms with E-state index in [1.54, 1.807) is 7.05 Å². The average molecular weight is 235 g/mol. The summed E-state index contributed by atoms with van der Waals surface area (Å²) in [4.78, 5) is 21.3. The molecule has 0 amide bonds. The summed E-state index contributed by atoms with van der Waals surface area (Å²) in [5.74, 6) is -1.02. The summed E-state index contributed by atoms with van der Waals surface area (Å²) in [6.45, 7) is 0. The third kappa shape index (κ3) is 1.58. The van der Waals surface area contributed by atoms with Crippen molar-refractivity contribution in [2.45, 2.75) is 6.42 Å². The van der Waals surface area contributed by atoms with Crippen LogP contribution < -0.4 is 5.56 Å². The highest BCUT2D eigenvalue weighted by Crippen LogP contribution is 2.11. The molecule has 0 radical (unpaired) electrons. The minimum Gasteiger partial charge on any atom is -0.481 e. The number of nitrogens with one attached hydrogen (secondary N) is 1. The number of aryl methyl sites for hydroxylation is 1. The Morgan fingerprint density at radius 2 is 2.33 bits per heavy atom. The maximum atomic E-state index is 11.0. The van der Waals surface area contributed by atoms with E-state index in [2.05, 4.69) is 21.0 Å². The SMILES string of the molecule is Cn1[nH]c(=O)c(CC(=O)O)c1Br. The van der Waals surface area contributed by atoms with Gasteiger partial charge in [-0.2, -0.15) is 0 Å². The third-order valence-corrected chi connectivity index (χ3v) is 2.43. The molecule has 5 nitrogen and oxygen atoms in total. The second-order valence-corrected chi connectivity index (χ2v) is 3.09. The first kappa shape index (κ1) is 9.05. The zero-order valence-corrected chi connectivity index (χ0v) is 7.88. The number of carboxylic acids is 1. The first-order valence-corrected chi connectivity index (χ1v) is 3.97. The van der Waals surface area contributed by atoms with Crippen molar-refractivity contribution in [3.05, 3.63) is 20.5 Å². The van der Waals surface area contributed by atoms with Gasteiger partial charge in [0.15, 0.2) is 0 Å². The number of carboxylic acid groups (broad SMARTS) is 1. The van der Waals surface area contributed by atoms with Gasteiger partial charge in [0.05, 0.1) is 12.0 Å². The Balaban J connectivity index is 3.14. The standard InChI is InChI=1S/C6H7BrN2O3/c1-9-5(7)3(2-4(10)11)6(12)8-9/h2H2,1H3,(H,8,12)(H,10,11). The number of carbonyl (C=O) groups is 1. The van der Waals surface area contributed by atoms with Crippen LogP contribution in [0.3, 0.4) is 0 Å². The second-order valence-electron chi connectivity index (χ2n) is 2.34. The quantitative estimate of drug-likeness (QED) is 0.763.